The average molecular weight is 490 g/mol. The quantitative estimate of drug-likeness (QED) is 0.429. The lowest BCUT2D eigenvalue weighted by Crippen LogP contribution is -2.36. The molecular weight excluding hydrogens is 457 g/mol. The lowest BCUT2D eigenvalue weighted by Gasteiger charge is -2.24. The predicted molar refractivity (Wildman–Crippen MR) is 137 cm³/mol. The maximum Gasteiger partial charge on any atom is 0.323 e. The number of hydrogen-bond acceptors (Lipinski definition) is 3. The zero-order valence-electron chi connectivity index (χ0n) is 21.0. The summed E-state index contributed by atoms with van der Waals surface area (Å²) in [7, 11) is 0. The van der Waals surface area contributed by atoms with Crippen LogP contribution in [0.1, 0.15) is 54.5 Å². The standard InChI is InChI=1S/C30H32FNO4/c1-20(2)24-10-7-21(8-11-24)16-30(3)17-25-13-22(9-12-27(25)36-30)15-28(33)32(19-29(34)35)18-23-5-4-6-26(31)14-23/h4-14,20H,15-19H2,1-3H3,(H,34,35). The summed E-state index contributed by atoms with van der Waals surface area (Å²) in [6.07, 6.45) is 1.55. The molecule has 188 valence electrons. The molecule has 36 heavy (non-hydrogen) atoms. The number of nitrogens with zero attached hydrogens (tertiary/aromatic N) is 1. The molecule has 1 aliphatic heterocycles. The molecule has 0 bridgehead atoms. The van der Waals surface area contributed by atoms with Gasteiger partial charge in [0.05, 0.1) is 6.42 Å². The van der Waals surface area contributed by atoms with E-state index in [2.05, 4.69) is 45.0 Å². The smallest absolute Gasteiger partial charge is 0.323 e. The highest BCUT2D eigenvalue weighted by Gasteiger charge is 2.35. The maximum atomic E-state index is 13.6. The molecule has 4 rings (SSSR count). The summed E-state index contributed by atoms with van der Waals surface area (Å²) in [6, 6.07) is 20.2. The molecule has 1 unspecified atom stereocenters. The van der Waals surface area contributed by atoms with E-state index in [0.29, 0.717) is 11.5 Å². The van der Waals surface area contributed by atoms with Crippen molar-refractivity contribution in [3.8, 4) is 5.75 Å². The molecule has 1 amide bonds. The minimum absolute atomic E-state index is 0.0324. The number of carboxylic acids is 1. The van der Waals surface area contributed by atoms with E-state index >= 15 is 0 Å². The molecule has 5 nitrogen and oxygen atoms in total. The number of amides is 1. The summed E-state index contributed by atoms with van der Waals surface area (Å²) >= 11 is 0. The van der Waals surface area contributed by atoms with E-state index in [1.807, 2.05) is 18.2 Å². The van der Waals surface area contributed by atoms with Gasteiger partial charge in [0.25, 0.3) is 0 Å². The average Bonchev–Trinajstić information content (AvgIpc) is 3.13. The SMILES string of the molecule is CC(C)c1ccc(CC2(C)Cc3cc(CC(=O)N(CC(=O)O)Cc4cccc(F)c4)ccc3O2)cc1. The van der Waals surface area contributed by atoms with E-state index in [-0.39, 0.29) is 24.5 Å². The van der Waals surface area contributed by atoms with Crippen LogP contribution in [0, 0.1) is 5.82 Å². The first-order chi connectivity index (χ1) is 17.1. The fourth-order valence-electron chi connectivity index (χ4n) is 4.77. The van der Waals surface area contributed by atoms with Gasteiger partial charge in [0.1, 0.15) is 23.7 Å². The van der Waals surface area contributed by atoms with E-state index in [0.717, 1.165) is 29.7 Å². The second-order valence-corrected chi connectivity index (χ2v) is 10.2. The van der Waals surface area contributed by atoms with Gasteiger partial charge < -0.3 is 14.7 Å². The fraction of sp³-hybridized carbons (Fsp3) is 0.333. The normalized spacial score (nSPS) is 16.5. The van der Waals surface area contributed by atoms with Crippen molar-refractivity contribution in [2.24, 2.45) is 0 Å². The molecule has 0 aliphatic carbocycles. The highest BCUT2D eigenvalue weighted by atomic mass is 19.1. The van der Waals surface area contributed by atoms with Crippen LogP contribution < -0.4 is 4.74 Å². The van der Waals surface area contributed by atoms with Gasteiger partial charge >= 0.3 is 5.97 Å². The summed E-state index contributed by atoms with van der Waals surface area (Å²) < 4.78 is 19.9. The fourth-order valence-corrected chi connectivity index (χ4v) is 4.77. The second kappa shape index (κ2) is 10.5. The van der Waals surface area contributed by atoms with Crippen molar-refractivity contribution in [1.29, 1.82) is 0 Å². The number of hydrogen-bond donors (Lipinski definition) is 1. The molecule has 1 aliphatic rings. The number of ether oxygens (including phenoxy) is 1. The number of halogens is 1. The monoisotopic (exact) mass is 489 g/mol. The van der Waals surface area contributed by atoms with Crippen LogP contribution in [-0.2, 0) is 35.4 Å². The number of carbonyl (C=O) groups is 2. The van der Waals surface area contributed by atoms with Crippen LogP contribution in [-0.4, -0.2) is 34.0 Å². The molecule has 1 atom stereocenters. The third-order valence-corrected chi connectivity index (χ3v) is 6.57. The highest BCUT2D eigenvalue weighted by molar-refractivity contribution is 5.83. The van der Waals surface area contributed by atoms with Gasteiger partial charge in [-0.25, -0.2) is 4.39 Å². The van der Waals surface area contributed by atoms with Crippen LogP contribution in [0.15, 0.2) is 66.7 Å². The molecule has 0 fully saturated rings. The largest absolute Gasteiger partial charge is 0.487 e. The third kappa shape index (κ3) is 6.30. The zero-order valence-corrected chi connectivity index (χ0v) is 21.0. The minimum Gasteiger partial charge on any atom is -0.487 e. The summed E-state index contributed by atoms with van der Waals surface area (Å²) in [6.45, 7) is 6.04. The summed E-state index contributed by atoms with van der Waals surface area (Å²) in [5.74, 6) is -0.557. The van der Waals surface area contributed by atoms with E-state index < -0.39 is 18.3 Å². The van der Waals surface area contributed by atoms with Gasteiger partial charge in [0.15, 0.2) is 0 Å². The lowest BCUT2D eigenvalue weighted by atomic mass is 9.90. The van der Waals surface area contributed by atoms with Crippen LogP contribution in [0.25, 0.3) is 0 Å². The van der Waals surface area contributed by atoms with Gasteiger partial charge in [-0.15, -0.1) is 0 Å². The van der Waals surface area contributed by atoms with Crippen molar-refractivity contribution in [2.45, 2.75) is 58.1 Å². The molecule has 0 radical (unpaired) electrons. The van der Waals surface area contributed by atoms with E-state index in [4.69, 9.17) is 4.74 Å². The number of aliphatic carboxylic acids is 1. The topological polar surface area (TPSA) is 66.8 Å². The van der Waals surface area contributed by atoms with Crippen molar-refractivity contribution in [3.05, 3.63) is 100 Å². The Bertz CT molecular complexity index is 1250. The molecule has 1 heterocycles. The minimum atomic E-state index is -1.11. The molecule has 3 aromatic rings. The number of carbonyl (C=O) groups excluding carboxylic acids is 1. The zero-order chi connectivity index (χ0) is 25.9. The van der Waals surface area contributed by atoms with Gasteiger partial charge in [-0.05, 0) is 58.9 Å². The Balaban J connectivity index is 1.44. The second-order valence-electron chi connectivity index (χ2n) is 10.2. The van der Waals surface area contributed by atoms with Crippen LogP contribution in [0.4, 0.5) is 4.39 Å². The molecule has 1 N–H and O–H groups in total. The van der Waals surface area contributed by atoms with Crippen LogP contribution in [0.2, 0.25) is 0 Å². The van der Waals surface area contributed by atoms with Crippen molar-refractivity contribution in [1.82, 2.24) is 4.90 Å². The molecule has 0 saturated carbocycles. The summed E-state index contributed by atoms with van der Waals surface area (Å²) in [5.41, 5.74) is 4.52. The Morgan fingerprint density at radius 1 is 1.03 bits per heavy atom. The Hall–Kier alpha value is -3.67. The molecule has 6 heteroatoms. The van der Waals surface area contributed by atoms with E-state index in [1.54, 1.807) is 12.1 Å². The van der Waals surface area contributed by atoms with Gasteiger partial charge in [0, 0.05) is 19.4 Å². The maximum absolute atomic E-state index is 13.6. The first-order valence-corrected chi connectivity index (χ1v) is 12.2. The Morgan fingerprint density at radius 2 is 1.75 bits per heavy atom. The number of rotatable bonds is 9. The third-order valence-electron chi connectivity index (χ3n) is 6.57. The van der Waals surface area contributed by atoms with Gasteiger partial charge in [-0.1, -0.05) is 62.4 Å². The van der Waals surface area contributed by atoms with Gasteiger partial charge in [-0.2, -0.15) is 0 Å². The summed E-state index contributed by atoms with van der Waals surface area (Å²) in [5, 5.41) is 9.29. The first-order valence-electron chi connectivity index (χ1n) is 12.2. The first kappa shape index (κ1) is 25.4. The lowest BCUT2D eigenvalue weighted by molar-refractivity contribution is -0.144. The molecule has 0 saturated heterocycles. The molecule has 0 aromatic heterocycles. The molecular formula is C30H32FNO4. The number of benzene rings is 3. The van der Waals surface area contributed by atoms with Crippen LogP contribution in [0.3, 0.4) is 0 Å². The summed E-state index contributed by atoms with van der Waals surface area (Å²) in [4.78, 5) is 25.6. The predicted octanol–water partition coefficient (Wildman–Crippen LogP) is 5.54. The number of fused-ring (bicyclic) bond motifs is 1. The Labute approximate surface area is 211 Å². The highest BCUT2D eigenvalue weighted by Crippen LogP contribution is 2.37. The van der Waals surface area contributed by atoms with Crippen molar-refractivity contribution in [2.75, 3.05) is 6.54 Å². The molecule has 3 aromatic carbocycles. The van der Waals surface area contributed by atoms with Crippen LogP contribution >= 0.6 is 0 Å². The van der Waals surface area contributed by atoms with Gasteiger partial charge in [0.2, 0.25) is 5.91 Å². The van der Waals surface area contributed by atoms with Crippen molar-refractivity contribution in [3.63, 3.8) is 0 Å². The van der Waals surface area contributed by atoms with Gasteiger partial charge in [-0.3, -0.25) is 9.59 Å². The van der Waals surface area contributed by atoms with E-state index in [9.17, 15) is 19.1 Å². The van der Waals surface area contributed by atoms with Crippen molar-refractivity contribution < 1.29 is 23.8 Å². The van der Waals surface area contributed by atoms with E-state index in [1.165, 1.54) is 28.2 Å². The van der Waals surface area contributed by atoms with Crippen LogP contribution in [0.5, 0.6) is 5.75 Å². The molecule has 0 spiro atoms. The number of carboxylic acid groups (broad SMARTS) is 1. The Morgan fingerprint density at radius 3 is 2.42 bits per heavy atom. The Kier molecular flexibility index (Phi) is 7.43. The van der Waals surface area contributed by atoms with Crippen molar-refractivity contribution >= 4 is 11.9 Å².